The zero-order valence-corrected chi connectivity index (χ0v) is 10.4. The van der Waals surface area contributed by atoms with E-state index in [1.165, 1.54) is 0 Å². The Hall–Kier alpha value is -1.85. The molecule has 0 unspecified atom stereocenters. The Morgan fingerprint density at radius 3 is 2.50 bits per heavy atom. The molecule has 1 saturated carbocycles. The van der Waals surface area contributed by atoms with E-state index in [0.717, 1.165) is 31.8 Å². The fraction of sp³-hybridized carbons (Fsp3) is 0.583. The van der Waals surface area contributed by atoms with Gasteiger partial charge in [-0.25, -0.2) is 9.59 Å². The first-order valence-electron chi connectivity index (χ1n) is 6.07. The summed E-state index contributed by atoms with van der Waals surface area (Å²) < 4.78 is 0. The maximum absolute atomic E-state index is 11.8. The van der Waals surface area contributed by atoms with Crippen molar-refractivity contribution in [2.24, 2.45) is 0 Å². The standard InChI is InChI=1S/C12H18N2O4/c1-2-3-8-14(9-4-5-9)12(18)13-10(15)6-7-11(16)17/h6-7,9H,2-5,8H2,1H3,(H,16,17)(H,13,15,18). The third-order valence-corrected chi connectivity index (χ3v) is 2.61. The van der Waals surface area contributed by atoms with Gasteiger partial charge in [0.1, 0.15) is 0 Å². The number of amides is 3. The molecule has 0 saturated heterocycles. The molecule has 0 aromatic rings. The van der Waals surface area contributed by atoms with Crippen LogP contribution in [0.2, 0.25) is 0 Å². The molecule has 0 atom stereocenters. The van der Waals surface area contributed by atoms with Crippen molar-refractivity contribution >= 4 is 17.9 Å². The van der Waals surface area contributed by atoms with E-state index in [4.69, 9.17) is 5.11 Å². The van der Waals surface area contributed by atoms with E-state index in [-0.39, 0.29) is 6.04 Å². The van der Waals surface area contributed by atoms with Crippen LogP contribution in [0.3, 0.4) is 0 Å². The highest BCUT2D eigenvalue weighted by Crippen LogP contribution is 2.27. The summed E-state index contributed by atoms with van der Waals surface area (Å²) in [6.07, 6.45) is 5.35. The van der Waals surface area contributed by atoms with Gasteiger partial charge in [0, 0.05) is 24.7 Å². The number of urea groups is 1. The minimum Gasteiger partial charge on any atom is -0.478 e. The summed E-state index contributed by atoms with van der Waals surface area (Å²) >= 11 is 0. The van der Waals surface area contributed by atoms with Gasteiger partial charge in [-0.3, -0.25) is 10.1 Å². The Balaban J connectivity index is 2.45. The van der Waals surface area contributed by atoms with Crippen LogP contribution < -0.4 is 5.32 Å². The molecule has 0 spiro atoms. The number of hydrogen-bond acceptors (Lipinski definition) is 3. The minimum atomic E-state index is -1.22. The fourth-order valence-electron chi connectivity index (χ4n) is 1.53. The Labute approximate surface area is 106 Å². The van der Waals surface area contributed by atoms with Crippen molar-refractivity contribution in [2.45, 2.75) is 38.6 Å². The van der Waals surface area contributed by atoms with Crippen LogP contribution in [0.25, 0.3) is 0 Å². The number of unbranched alkanes of at least 4 members (excludes halogenated alkanes) is 1. The third-order valence-electron chi connectivity index (χ3n) is 2.61. The number of nitrogens with zero attached hydrogens (tertiary/aromatic N) is 1. The number of aliphatic carboxylic acids is 1. The van der Waals surface area contributed by atoms with Gasteiger partial charge in [0.2, 0.25) is 0 Å². The Morgan fingerprint density at radius 1 is 1.33 bits per heavy atom. The first kappa shape index (κ1) is 14.2. The summed E-state index contributed by atoms with van der Waals surface area (Å²) in [4.78, 5) is 34.9. The molecule has 1 rings (SSSR count). The molecule has 0 bridgehead atoms. The zero-order chi connectivity index (χ0) is 13.5. The van der Waals surface area contributed by atoms with Crippen LogP contribution in [0, 0.1) is 0 Å². The van der Waals surface area contributed by atoms with Crippen LogP contribution in [-0.2, 0) is 9.59 Å². The molecule has 0 aromatic heterocycles. The molecule has 0 radical (unpaired) electrons. The lowest BCUT2D eigenvalue weighted by Crippen LogP contribution is -2.44. The number of imide groups is 1. The summed E-state index contributed by atoms with van der Waals surface area (Å²) in [5, 5.41) is 10.5. The van der Waals surface area contributed by atoms with E-state index in [0.29, 0.717) is 12.6 Å². The summed E-state index contributed by atoms with van der Waals surface area (Å²) in [7, 11) is 0. The molecular weight excluding hydrogens is 236 g/mol. The summed E-state index contributed by atoms with van der Waals surface area (Å²) in [6.45, 7) is 2.66. The van der Waals surface area contributed by atoms with E-state index in [2.05, 4.69) is 5.32 Å². The zero-order valence-electron chi connectivity index (χ0n) is 10.4. The van der Waals surface area contributed by atoms with Crippen molar-refractivity contribution in [1.29, 1.82) is 0 Å². The molecule has 100 valence electrons. The van der Waals surface area contributed by atoms with Crippen molar-refractivity contribution < 1.29 is 19.5 Å². The lowest BCUT2D eigenvalue weighted by atomic mass is 10.3. The Bertz CT molecular complexity index is 361. The Kier molecular flexibility index (Phi) is 5.35. The number of carbonyl (C=O) groups excluding carboxylic acids is 2. The molecule has 0 heterocycles. The molecule has 3 amide bonds. The maximum atomic E-state index is 11.8. The van der Waals surface area contributed by atoms with Crippen molar-refractivity contribution in [3.05, 3.63) is 12.2 Å². The SMILES string of the molecule is CCCCN(C(=O)NC(=O)C=CC(=O)O)C1CC1. The first-order chi connectivity index (χ1) is 8.54. The van der Waals surface area contributed by atoms with Gasteiger partial charge < -0.3 is 10.0 Å². The predicted molar refractivity (Wildman–Crippen MR) is 65.0 cm³/mol. The monoisotopic (exact) mass is 254 g/mol. The van der Waals surface area contributed by atoms with E-state index >= 15 is 0 Å². The van der Waals surface area contributed by atoms with Crippen molar-refractivity contribution in [2.75, 3.05) is 6.54 Å². The number of hydrogen-bond donors (Lipinski definition) is 2. The van der Waals surface area contributed by atoms with Crippen molar-refractivity contribution in [3.63, 3.8) is 0 Å². The molecule has 0 aliphatic heterocycles. The number of carbonyl (C=O) groups is 3. The second-order valence-corrected chi connectivity index (χ2v) is 4.24. The van der Waals surface area contributed by atoms with Gasteiger partial charge in [0.25, 0.3) is 5.91 Å². The highest BCUT2D eigenvalue weighted by atomic mass is 16.4. The van der Waals surface area contributed by atoms with Gasteiger partial charge in [0.05, 0.1) is 0 Å². The van der Waals surface area contributed by atoms with Crippen LogP contribution in [0.4, 0.5) is 4.79 Å². The van der Waals surface area contributed by atoms with E-state index in [1.54, 1.807) is 4.90 Å². The predicted octanol–water partition coefficient (Wildman–Crippen LogP) is 1.13. The minimum absolute atomic E-state index is 0.229. The van der Waals surface area contributed by atoms with E-state index in [9.17, 15) is 14.4 Å². The molecule has 6 heteroatoms. The molecule has 0 aromatic carbocycles. The third kappa shape index (κ3) is 4.99. The molecule has 1 aliphatic rings. The highest BCUT2D eigenvalue weighted by Gasteiger charge is 2.32. The molecule has 1 fully saturated rings. The van der Waals surface area contributed by atoms with E-state index in [1.807, 2.05) is 6.92 Å². The van der Waals surface area contributed by atoms with Crippen molar-refractivity contribution in [1.82, 2.24) is 10.2 Å². The highest BCUT2D eigenvalue weighted by molar-refractivity contribution is 6.02. The lowest BCUT2D eigenvalue weighted by Gasteiger charge is -2.21. The van der Waals surface area contributed by atoms with Crippen molar-refractivity contribution in [3.8, 4) is 0 Å². The molecular formula is C12H18N2O4. The topological polar surface area (TPSA) is 86.7 Å². The smallest absolute Gasteiger partial charge is 0.328 e. The second-order valence-electron chi connectivity index (χ2n) is 4.24. The van der Waals surface area contributed by atoms with Crippen LogP contribution in [0.5, 0.6) is 0 Å². The largest absolute Gasteiger partial charge is 0.478 e. The van der Waals surface area contributed by atoms with Crippen LogP contribution in [0.15, 0.2) is 12.2 Å². The average Bonchev–Trinajstić information content (AvgIpc) is 3.11. The summed E-state index contributed by atoms with van der Waals surface area (Å²) in [6, 6.07) is -0.209. The fourth-order valence-corrected chi connectivity index (χ4v) is 1.53. The van der Waals surface area contributed by atoms with Crippen LogP contribution >= 0.6 is 0 Å². The number of carboxylic acids is 1. The quantitative estimate of drug-likeness (QED) is 0.695. The van der Waals surface area contributed by atoms with Crippen LogP contribution in [0.1, 0.15) is 32.6 Å². The summed E-state index contributed by atoms with van der Waals surface area (Å²) in [5.74, 6) is -1.92. The molecule has 6 nitrogen and oxygen atoms in total. The van der Waals surface area contributed by atoms with E-state index < -0.39 is 17.9 Å². The molecule has 18 heavy (non-hydrogen) atoms. The Morgan fingerprint density at radius 2 is 2.00 bits per heavy atom. The van der Waals surface area contributed by atoms with Crippen LogP contribution in [-0.4, -0.2) is 40.5 Å². The molecule has 1 aliphatic carbocycles. The maximum Gasteiger partial charge on any atom is 0.328 e. The second kappa shape index (κ2) is 6.78. The van der Waals surface area contributed by atoms with Gasteiger partial charge in [-0.05, 0) is 19.3 Å². The average molecular weight is 254 g/mol. The number of carboxylic acid groups (broad SMARTS) is 1. The number of rotatable bonds is 6. The normalized spacial score (nSPS) is 14.5. The van der Waals surface area contributed by atoms with Gasteiger partial charge in [-0.1, -0.05) is 13.3 Å². The number of nitrogens with one attached hydrogen (secondary N) is 1. The van der Waals surface area contributed by atoms with Gasteiger partial charge in [0.15, 0.2) is 0 Å². The molecule has 2 N–H and O–H groups in total. The van der Waals surface area contributed by atoms with Gasteiger partial charge in [-0.2, -0.15) is 0 Å². The summed E-state index contributed by atoms with van der Waals surface area (Å²) in [5.41, 5.74) is 0. The first-order valence-corrected chi connectivity index (χ1v) is 6.07. The lowest BCUT2D eigenvalue weighted by molar-refractivity contribution is -0.131. The van der Waals surface area contributed by atoms with Gasteiger partial charge >= 0.3 is 12.0 Å². The van der Waals surface area contributed by atoms with Gasteiger partial charge in [-0.15, -0.1) is 0 Å².